The van der Waals surface area contributed by atoms with Crippen LogP contribution in [0.25, 0.3) is 11.1 Å². The molecule has 0 spiro atoms. The molecule has 1 N–H and O–H groups in total. The van der Waals surface area contributed by atoms with Crippen molar-refractivity contribution in [3.8, 4) is 11.1 Å². The van der Waals surface area contributed by atoms with Crippen LogP contribution in [0, 0.1) is 0 Å². The third-order valence-electron chi connectivity index (χ3n) is 3.81. The summed E-state index contributed by atoms with van der Waals surface area (Å²) in [5, 5.41) is 5.91. The number of ether oxygens (including phenoxy) is 1. The molecule has 1 aliphatic heterocycles. The van der Waals surface area contributed by atoms with Crippen LogP contribution in [0.1, 0.15) is 24.6 Å². The summed E-state index contributed by atoms with van der Waals surface area (Å²) in [4.78, 5) is 1.41. The second-order valence-electron chi connectivity index (χ2n) is 5.45. The molecule has 2 heterocycles. The molecule has 0 bridgehead atoms. The van der Waals surface area contributed by atoms with E-state index in [1.165, 1.54) is 16.0 Å². The number of thiophene rings is 1. The van der Waals surface area contributed by atoms with Crippen LogP contribution in [0.15, 0.2) is 41.8 Å². The van der Waals surface area contributed by atoms with Gasteiger partial charge in [-0.05, 0) is 42.3 Å². The van der Waals surface area contributed by atoms with Gasteiger partial charge in [0, 0.05) is 24.1 Å². The third-order valence-corrected chi connectivity index (χ3v) is 4.75. The van der Waals surface area contributed by atoms with Crippen molar-refractivity contribution in [1.82, 2.24) is 5.32 Å². The first-order valence-corrected chi connectivity index (χ1v) is 8.17. The lowest BCUT2D eigenvalue weighted by molar-refractivity contribution is 0.0131. The van der Waals surface area contributed by atoms with E-state index in [-0.39, 0.29) is 0 Å². The zero-order chi connectivity index (χ0) is 13.8. The van der Waals surface area contributed by atoms with Gasteiger partial charge in [-0.1, -0.05) is 30.3 Å². The van der Waals surface area contributed by atoms with Gasteiger partial charge >= 0.3 is 0 Å². The Balaban J connectivity index is 1.58. The van der Waals surface area contributed by atoms with Gasteiger partial charge in [0.2, 0.25) is 0 Å². The lowest BCUT2D eigenvalue weighted by atomic mass is 10.0. The van der Waals surface area contributed by atoms with Crippen molar-refractivity contribution in [3.05, 3.63) is 46.7 Å². The molecule has 0 radical (unpaired) electrons. The summed E-state index contributed by atoms with van der Waals surface area (Å²) >= 11 is 1.84. The highest BCUT2D eigenvalue weighted by Crippen LogP contribution is 2.25. The van der Waals surface area contributed by atoms with Crippen molar-refractivity contribution in [2.24, 2.45) is 0 Å². The smallest absolute Gasteiger partial charge is 0.0561 e. The van der Waals surface area contributed by atoms with Crippen molar-refractivity contribution < 1.29 is 4.74 Å². The maximum absolute atomic E-state index is 5.58. The Labute approximate surface area is 124 Å². The third kappa shape index (κ3) is 3.48. The number of benzene rings is 1. The van der Waals surface area contributed by atoms with Crippen LogP contribution in [0.3, 0.4) is 0 Å². The second-order valence-corrected chi connectivity index (χ2v) is 6.45. The summed E-state index contributed by atoms with van der Waals surface area (Å²) in [5.74, 6) is 0. The molecule has 2 unspecified atom stereocenters. The standard InChI is InChI=1S/C17H21NOS/c1-13-9-16(7-8-19-13)18-11-17-10-15(12-20-17)14-5-3-2-4-6-14/h2-6,10,12-13,16,18H,7-9,11H2,1H3. The van der Waals surface area contributed by atoms with Gasteiger partial charge < -0.3 is 10.1 Å². The fourth-order valence-corrected chi connectivity index (χ4v) is 3.53. The second kappa shape index (κ2) is 6.53. The van der Waals surface area contributed by atoms with E-state index in [1.807, 2.05) is 11.3 Å². The van der Waals surface area contributed by atoms with Gasteiger partial charge in [0.15, 0.2) is 0 Å². The molecule has 1 aromatic heterocycles. The summed E-state index contributed by atoms with van der Waals surface area (Å²) in [6.07, 6.45) is 2.64. The molecule has 3 heteroatoms. The van der Waals surface area contributed by atoms with E-state index in [1.54, 1.807) is 0 Å². The van der Waals surface area contributed by atoms with Gasteiger partial charge in [0.25, 0.3) is 0 Å². The molecule has 2 nitrogen and oxygen atoms in total. The Kier molecular flexibility index (Phi) is 4.51. The van der Waals surface area contributed by atoms with Crippen LogP contribution in [-0.4, -0.2) is 18.8 Å². The van der Waals surface area contributed by atoms with Gasteiger partial charge in [0.1, 0.15) is 0 Å². The minimum Gasteiger partial charge on any atom is -0.378 e. The SMILES string of the molecule is CC1CC(NCc2cc(-c3ccccc3)cs2)CCO1. The molecule has 2 aromatic rings. The lowest BCUT2D eigenvalue weighted by Gasteiger charge is -2.27. The summed E-state index contributed by atoms with van der Waals surface area (Å²) in [7, 11) is 0. The Morgan fingerprint density at radius 3 is 2.90 bits per heavy atom. The van der Waals surface area contributed by atoms with Crippen molar-refractivity contribution in [2.75, 3.05) is 6.61 Å². The average Bonchev–Trinajstić information content (AvgIpc) is 2.95. The summed E-state index contributed by atoms with van der Waals surface area (Å²) in [6, 6.07) is 13.5. The number of nitrogens with one attached hydrogen (secondary N) is 1. The lowest BCUT2D eigenvalue weighted by Crippen LogP contribution is -2.37. The molecule has 1 aromatic carbocycles. The molecule has 1 aliphatic rings. The van der Waals surface area contributed by atoms with Crippen LogP contribution in [0.4, 0.5) is 0 Å². The Morgan fingerprint density at radius 2 is 2.10 bits per heavy atom. The first-order chi connectivity index (χ1) is 9.81. The molecule has 0 aliphatic carbocycles. The molecule has 1 fully saturated rings. The first-order valence-electron chi connectivity index (χ1n) is 7.29. The summed E-state index contributed by atoms with van der Waals surface area (Å²) in [6.45, 7) is 4.01. The predicted molar refractivity (Wildman–Crippen MR) is 85.0 cm³/mol. The van der Waals surface area contributed by atoms with Crippen LogP contribution in [0.5, 0.6) is 0 Å². The molecule has 0 amide bonds. The van der Waals surface area contributed by atoms with Crippen molar-refractivity contribution in [2.45, 2.75) is 38.5 Å². The molecular weight excluding hydrogens is 266 g/mol. The molecular formula is C17H21NOS. The minimum atomic E-state index is 0.393. The van der Waals surface area contributed by atoms with Crippen LogP contribution in [-0.2, 0) is 11.3 Å². The van der Waals surface area contributed by atoms with E-state index >= 15 is 0 Å². The fourth-order valence-electron chi connectivity index (χ4n) is 2.68. The van der Waals surface area contributed by atoms with E-state index in [0.29, 0.717) is 12.1 Å². The Bertz CT molecular complexity index is 537. The van der Waals surface area contributed by atoms with E-state index < -0.39 is 0 Å². The summed E-state index contributed by atoms with van der Waals surface area (Å²) < 4.78 is 5.58. The molecule has 3 rings (SSSR count). The largest absolute Gasteiger partial charge is 0.378 e. The van der Waals surface area contributed by atoms with Gasteiger partial charge in [-0.3, -0.25) is 0 Å². The van der Waals surface area contributed by atoms with Gasteiger partial charge in [-0.25, -0.2) is 0 Å². The van der Waals surface area contributed by atoms with E-state index in [9.17, 15) is 0 Å². The van der Waals surface area contributed by atoms with Crippen LogP contribution >= 0.6 is 11.3 Å². The molecule has 1 saturated heterocycles. The van der Waals surface area contributed by atoms with Crippen molar-refractivity contribution in [3.63, 3.8) is 0 Å². The monoisotopic (exact) mass is 287 g/mol. The zero-order valence-electron chi connectivity index (χ0n) is 11.8. The van der Waals surface area contributed by atoms with Crippen molar-refractivity contribution >= 4 is 11.3 Å². The maximum Gasteiger partial charge on any atom is 0.0561 e. The van der Waals surface area contributed by atoms with E-state index in [4.69, 9.17) is 4.74 Å². The summed E-state index contributed by atoms with van der Waals surface area (Å²) in [5.41, 5.74) is 2.63. The number of rotatable bonds is 4. The van der Waals surface area contributed by atoms with Crippen molar-refractivity contribution in [1.29, 1.82) is 0 Å². The Morgan fingerprint density at radius 1 is 1.25 bits per heavy atom. The minimum absolute atomic E-state index is 0.393. The normalized spacial score (nSPS) is 22.9. The number of hydrogen-bond acceptors (Lipinski definition) is 3. The van der Waals surface area contributed by atoms with E-state index in [2.05, 4.69) is 54.0 Å². The first kappa shape index (κ1) is 13.8. The van der Waals surface area contributed by atoms with Crippen LogP contribution < -0.4 is 5.32 Å². The number of hydrogen-bond donors (Lipinski definition) is 1. The fraction of sp³-hybridized carbons (Fsp3) is 0.412. The average molecular weight is 287 g/mol. The quantitative estimate of drug-likeness (QED) is 0.915. The predicted octanol–water partition coefficient (Wildman–Crippen LogP) is 4.07. The highest BCUT2D eigenvalue weighted by atomic mass is 32.1. The molecule has 106 valence electrons. The van der Waals surface area contributed by atoms with Gasteiger partial charge in [0.05, 0.1) is 6.10 Å². The molecule has 20 heavy (non-hydrogen) atoms. The van der Waals surface area contributed by atoms with Gasteiger partial charge in [-0.15, -0.1) is 11.3 Å². The highest BCUT2D eigenvalue weighted by Gasteiger charge is 2.18. The van der Waals surface area contributed by atoms with E-state index in [0.717, 1.165) is 26.0 Å². The topological polar surface area (TPSA) is 21.3 Å². The Hall–Kier alpha value is -1.16. The molecule has 2 atom stereocenters. The molecule has 0 saturated carbocycles. The highest BCUT2D eigenvalue weighted by molar-refractivity contribution is 7.10. The zero-order valence-corrected chi connectivity index (χ0v) is 12.7. The maximum atomic E-state index is 5.58. The van der Waals surface area contributed by atoms with Crippen LogP contribution in [0.2, 0.25) is 0 Å². The van der Waals surface area contributed by atoms with Gasteiger partial charge in [-0.2, -0.15) is 0 Å².